The molecule has 1 saturated heterocycles. The Morgan fingerprint density at radius 1 is 1.40 bits per heavy atom. The van der Waals surface area contributed by atoms with E-state index < -0.39 is 12.0 Å². The first-order chi connectivity index (χ1) is 9.50. The van der Waals surface area contributed by atoms with Gasteiger partial charge < -0.3 is 15.6 Å². The molecule has 1 fully saturated rings. The minimum atomic E-state index is -4.60. The van der Waals surface area contributed by atoms with Crippen LogP contribution in [0.1, 0.15) is 18.7 Å². The number of hydrogen-bond donors (Lipinski definition) is 2. The van der Waals surface area contributed by atoms with Crippen molar-refractivity contribution in [3.8, 4) is 0 Å². The van der Waals surface area contributed by atoms with Gasteiger partial charge in [-0.25, -0.2) is 15.0 Å². The number of H-pyrrole nitrogens is 1. The normalized spacial score (nSPS) is 20.0. The maximum atomic E-state index is 12.9. The SMILES string of the molecule is NCC1CCCN1c1nc(C(F)(F)F)nc2nc[nH]c12. The number of rotatable bonds is 2. The number of alkyl halides is 3. The number of aromatic amines is 1. The minimum Gasteiger partial charge on any atom is -0.350 e. The maximum Gasteiger partial charge on any atom is 0.451 e. The molecule has 1 unspecified atom stereocenters. The Balaban J connectivity index is 2.15. The standard InChI is InChI=1S/C11H13F3N6/c12-11(13,14)10-18-8-7(16-5-17-8)9(19-10)20-3-1-2-6(20)4-15/h5-6H,1-4,15H2,(H,16,17,18,19). The number of hydrogen-bond acceptors (Lipinski definition) is 5. The summed E-state index contributed by atoms with van der Waals surface area (Å²) in [7, 11) is 0. The van der Waals surface area contributed by atoms with Gasteiger partial charge >= 0.3 is 6.18 Å². The summed E-state index contributed by atoms with van der Waals surface area (Å²) in [5, 5.41) is 0. The van der Waals surface area contributed by atoms with Crippen molar-refractivity contribution < 1.29 is 13.2 Å². The first kappa shape index (κ1) is 13.1. The van der Waals surface area contributed by atoms with Crippen LogP contribution in [0.5, 0.6) is 0 Å². The summed E-state index contributed by atoms with van der Waals surface area (Å²) in [4.78, 5) is 15.6. The van der Waals surface area contributed by atoms with E-state index in [2.05, 4.69) is 19.9 Å². The molecule has 2 aromatic heterocycles. The van der Waals surface area contributed by atoms with Gasteiger partial charge in [0.15, 0.2) is 11.5 Å². The lowest BCUT2D eigenvalue weighted by molar-refractivity contribution is -0.144. The van der Waals surface area contributed by atoms with Crippen LogP contribution in [0.15, 0.2) is 6.33 Å². The molecule has 20 heavy (non-hydrogen) atoms. The Morgan fingerprint density at radius 2 is 2.20 bits per heavy atom. The van der Waals surface area contributed by atoms with Gasteiger partial charge in [-0.05, 0) is 12.8 Å². The third-order valence-electron chi connectivity index (χ3n) is 3.44. The highest BCUT2D eigenvalue weighted by Gasteiger charge is 2.37. The second kappa shape index (κ2) is 4.58. The van der Waals surface area contributed by atoms with Gasteiger partial charge in [0.2, 0.25) is 5.82 Å². The van der Waals surface area contributed by atoms with Gasteiger partial charge in [-0.2, -0.15) is 13.2 Å². The second-order valence-electron chi connectivity index (χ2n) is 4.69. The molecule has 0 radical (unpaired) electrons. The maximum absolute atomic E-state index is 12.9. The van der Waals surface area contributed by atoms with Gasteiger partial charge in [-0.3, -0.25) is 0 Å². The van der Waals surface area contributed by atoms with Crippen LogP contribution in [0.3, 0.4) is 0 Å². The highest BCUT2D eigenvalue weighted by Crippen LogP contribution is 2.33. The highest BCUT2D eigenvalue weighted by atomic mass is 19.4. The van der Waals surface area contributed by atoms with Crippen LogP contribution >= 0.6 is 0 Å². The lowest BCUT2D eigenvalue weighted by Crippen LogP contribution is -2.36. The molecule has 1 aliphatic rings. The quantitative estimate of drug-likeness (QED) is 0.869. The molecule has 2 aromatic rings. The van der Waals surface area contributed by atoms with E-state index >= 15 is 0 Å². The summed E-state index contributed by atoms with van der Waals surface area (Å²) in [6.45, 7) is 1.01. The van der Waals surface area contributed by atoms with Gasteiger partial charge in [0.05, 0.1) is 6.33 Å². The lowest BCUT2D eigenvalue weighted by atomic mass is 10.2. The van der Waals surface area contributed by atoms with Crippen LogP contribution in [0, 0.1) is 0 Å². The van der Waals surface area contributed by atoms with Crippen molar-refractivity contribution in [3.63, 3.8) is 0 Å². The first-order valence-corrected chi connectivity index (χ1v) is 6.25. The van der Waals surface area contributed by atoms with Crippen molar-refractivity contribution in [2.75, 3.05) is 18.0 Å². The van der Waals surface area contributed by atoms with Crippen LogP contribution in [-0.4, -0.2) is 39.1 Å². The number of nitrogens with one attached hydrogen (secondary N) is 1. The fraction of sp³-hybridized carbons (Fsp3) is 0.545. The Labute approximate surface area is 112 Å². The third kappa shape index (κ3) is 2.07. The van der Waals surface area contributed by atoms with Crippen molar-refractivity contribution >= 4 is 17.0 Å². The average molecular weight is 286 g/mol. The van der Waals surface area contributed by atoms with E-state index in [0.29, 0.717) is 18.6 Å². The monoisotopic (exact) mass is 286 g/mol. The summed E-state index contributed by atoms with van der Waals surface area (Å²) in [5.41, 5.74) is 6.11. The molecule has 0 aromatic carbocycles. The number of fused-ring (bicyclic) bond motifs is 1. The topological polar surface area (TPSA) is 83.7 Å². The highest BCUT2D eigenvalue weighted by molar-refractivity contribution is 5.83. The van der Waals surface area contributed by atoms with Crippen LogP contribution in [0.2, 0.25) is 0 Å². The molecule has 108 valence electrons. The fourth-order valence-corrected chi connectivity index (χ4v) is 2.51. The Bertz CT molecular complexity index is 622. The van der Waals surface area contributed by atoms with Crippen LogP contribution in [-0.2, 0) is 6.18 Å². The molecular weight excluding hydrogens is 273 g/mol. The number of halogens is 3. The fourth-order valence-electron chi connectivity index (χ4n) is 2.51. The van der Waals surface area contributed by atoms with E-state index in [1.165, 1.54) is 6.33 Å². The predicted molar refractivity (Wildman–Crippen MR) is 66.1 cm³/mol. The van der Waals surface area contributed by atoms with Gasteiger partial charge in [0.25, 0.3) is 0 Å². The second-order valence-corrected chi connectivity index (χ2v) is 4.69. The van der Waals surface area contributed by atoms with E-state index in [1.807, 2.05) is 0 Å². The van der Waals surface area contributed by atoms with Crippen molar-refractivity contribution in [1.82, 2.24) is 19.9 Å². The molecule has 3 heterocycles. The summed E-state index contributed by atoms with van der Waals surface area (Å²) >= 11 is 0. The first-order valence-electron chi connectivity index (χ1n) is 6.25. The lowest BCUT2D eigenvalue weighted by Gasteiger charge is -2.25. The van der Waals surface area contributed by atoms with Gasteiger partial charge in [-0.15, -0.1) is 0 Å². The number of imidazole rings is 1. The Morgan fingerprint density at radius 3 is 2.90 bits per heavy atom. The summed E-state index contributed by atoms with van der Waals surface area (Å²) in [6, 6.07) is -0.00233. The van der Waals surface area contributed by atoms with E-state index in [1.54, 1.807) is 4.90 Å². The molecule has 9 heteroatoms. The molecule has 0 spiro atoms. The van der Waals surface area contributed by atoms with E-state index in [-0.39, 0.29) is 17.5 Å². The zero-order chi connectivity index (χ0) is 14.3. The van der Waals surface area contributed by atoms with Crippen LogP contribution in [0.25, 0.3) is 11.2 Å². The zero-order valence-electron chi connectivity index (χ0n) is 10.5. The molecule has 0 amide bonds. The van der Waals surface area contributed by atoms with Crippen LogP contribution < -0.4 is 10.6 Å². The summed E-state index contributed by atoms with van der Waals surface area (Å²) < 4.78 is 38.6. The van der Waals surface area contributed by atoms with Crippen molar-refractivity contribution in [1.29, 1.82) is 0 Å². The molecule has 1 aliphatic heterocycles. The third-order valence-corrected chi connectivity index (χ3v) is 3.44. The van der Waals surface area contributed by atoms with E-state index in [4.69, 9.17) is 5.73 Å². The number of anilines is 1. The smallest absolute Gasteiger partial charge is 0.350 e. The Hall–Kier alpha value is -1.90. The average Bonchev–Trinajstić information content (AvgIpc) is 3.04. The van der Waals surface area contributed by atoms with Gasteiger partial charge in [0, 0.05) is 19.1 Å². The summed E-state index contributed by atoms with van der Waals surface area (Å²) in [5.74, 6) is -0.942. The molecule has 0 bridgehead atoms. The van der Waals surface area contributed by atoms with Gasteiger partial charge in [-0.1, -0.05) is 0 Å². The molecule has 0 aliphatic carbocycles. The van der Waals surface area contributed by atoms with Gasteiger partial charge in [0.1, 0.15) is 5.52 Å². The van der Waals surface area contributed by atoms with Crippen molar-refractivity contribution in [2.24, 2.45) is 5.73 Å². The van der Waals surface area contributed by atoms with E-state index in [0.717, 1.165) is 12.8 Å². The van der Waals surface area contributed by atoms with Crippen LogP contribution in [0.4, 0.5) is 19.0 Å². The molecule has 3 N–H and O–H groups in total. The zero-order valence-corrected chi connectivity index (χ0v) is 10.5. The minimum absolute atomic E-state index is 0.00233. The Kier molecular flexibility index (Phi) is 3.00. The van der Waals surface area contributed by atoms with Crippen molar-refractivity contribution in [2.45, 2.75) is 25.1 Å². The number of aromatic nitrogens is 4. The molecular formula is C11H13F3N6. The number of nitrogens with zero attached hydrogens (tertiary/aromatic N) is 4. The van der Waals surface area contributed by atoms with Crippen molar-refractivity contribution in [3.05, 3.63) is 12.2 Å². The van der Waals surface area contributed by atoms with E-state index in [9.17, 15) is 13.2 Å². The molecule has 6 nitrogen and oxygen atoms in total. The number of nitrogens with two attached hydrogens (primary N) is 1. The molecule has 3 rings (SSSR count). The predicted octanol–water partition coefficient (Wildman–Crippen LogP) is 1.30. The molecule has 1 atom stereocenters. The molecule has 0 saturated carbocycles. The largest absolute Gasteiger partial charge is 0.451 e. The summed E-state index contributed by atoms with van der Waals surface area (Å²) in [6.07, 6.45) is -1.56.